The number of ether oxygens (including phenoxy) is 1. The molecule has 0 aliphatic rings. The quantitative estimate of drug-likeness (QED) is 0.788. The monoisotopic (exact) mass is 342 g/mol. The van der Waals surface area contributed by atoms with E-state index in [2.05, 4.69) is 15.4 Å². The number of benzene rings is 2. The number of carbonyl (C=O) groups is 1. The van der Waals surface area contributed by atoms with Crippen molar-refractivity contribution in [2.45, 2.75) is 6.92 Å². The van der Waals surface area contributed by atoms with Gasteiger partial charge in [0.25, 0.3) is 5.91 Å². The van der Waals surface area contributed by atoms with Crippen LogP contribution in [0.3, 0.4) is 0 Å². The molecule has 1 heterocycles. The Labute approximate surface area is 144 Å². The van der Waals surface area contributed by atoms with Crippen LogP contribution in [0.5, 0.6) is 5.75 Å². The Bertz CT molecular complexity index is 878. The van der Waals surface area contributed by atoms with Crippen molar-refractivity contribution in [3.8, 4) is 11.4 Å². The molecule has 0 atom stereocenters. The van der Waals surface area contributed by atoms with Crippen LogP contribution in [0.4, 0.5) is 5.69 Å². The zero-order valence-electron chi connectivity index (χ0n) is 13.2. The number of carbonyl (C=O) groups excluding carboxylic acids is 1. The Kier molecular flexibility index (Phi) is 4.48. The first-order valence-electron chi connectivity index (χ1n) is 7.19. The van der Waals surface area contributed by atoms with E-state index >= 15 is 0 Å². The van der Waals surface area contributed by atoms with Gasteiger partial charge in [-0.25, -0.2) is 9.67 Å². The standard InChI is InChI=1S/C17H15ClN4O2/c1-11-3-4-12(7-16(11)24-2)17(23)21-14-8-13(18)5-6-15(14)22-10-19-9-20-22/h3-10H,1-2H3,(H,21,23). The number of hydrogen-bond donors (Lipinski definition) is 1. The number of aromatic nitrogens is 3. The largest absolute Gasteiger partial charge is 0.496 e. The average molecular weight is 343 g/mol. The second kappa shape index (κ2) is 6.72. The first kappa shape index (κ1) is 16.0. The predicted molar refractivity (Wildman–Crippen MR) is 92.1 cm³/mol. The molecule has 0 unspecified atom stereocenters. The molecule has 0 radical (unpaired) electrons. The Morgan fingerprint density at radius 3 is 2.79 bits per heavy atom. The summed E-state index contributed by atoms with van der Waals surface area (Å²) < 4.78 is 6.82. The fraction of sp³-hybridized carbons (Fsp3) is 0.118. The summed E-state index contributed by atoms with van der Waals surface area (Å²) in [7, 11) is 1.57. The minimum atomic E-state index is -0.267. The van der Waals surface area contributed by atoms with Gasteiger partial charge in [0.1, 0.15) is 18.4 Å². The highest BCUT2D eigenvalue weighted by atomic mass is 35.5. The molecule has 1 amide bonds. The maximum absolute atomic E-state index is 12.6. The highest BCUT2D eigenvalue weighted by molar-refractivity contribution is 6.31. The zero-order chi connectivity index (χ0) is 17.1. The highest BCUT2D eigenvalue weighted by Crippen LogP contribution is 2.25. The lowest BCUT2D eigenvalue weighted by Gasteiger charge is -2.12. The van der Waals surface area contributed by atoms with E-state index in [0.29, 0.717) is 27.7 Å². The molecule has 24 heavy (non-hydrogen) atoms. The first-order valence-corrected chi connectivity index (χ1v) is 7.57. The van der Waals surface area contributed by atoms with Crippen molar-refractivity contribution in [3.05, 3.63) is 65.2 Å². The van der Waals surface area contributed by atoms with Crippen molar-refractivity contribution in [1.82, 2.24) is 14.8 Å². The summed E-state index contributed by atoms with van der Waals surface area (Å²) >= 11 is 6.06. The number of anilines is 1. The van der Waals surface area contributed by atoms with Gasteiger partial charge in [0.05, 0.1) is 18.5 Å². The predicted octanol–water partition coefficient (Wildman–Crippen LogP) is 3.49. The van der Waals surface area contributed by atoms with Gasteiger partial charge < -0.3 is 10.1 Å². The molecule has 6 nitrogen and oxygen atoms in total. The van der Waals surface area contributed by atoms with Gasteiger partial charge in [0.15, 0.2) is 0 Å². The maximum Gasteiger partial charge on any atom is 0.255 e. The van der Waals surface area contributed by atoms with Crippen LogP contribution in [0.15, 0.2) is 49.1 Å². The van der Waals surface area contributed by atoms with E-state index in [1.165, 1.54) is 6.33 Å². The van der Waals surface area contributed by atoms with Crippen LogP contribution < -0.4 is 10.1 Å². The summed E-state index contributed by atoms with van der Waals surface area (Å²) in [6.07, 6.45) is 2.97. The SMILES string of the molecule is COc1cc(C(=O)Nc2cc(Cl)ccc2-n2cncn2)ccc1C. The Morgan fingerprint density at radius 1 is 1.25 bits per heavy atom. The number of halogens is 1. The van der Waals surface area contributed by atoms with E-state index in [4.69, 9.17) is 16.3 Å². The molecule has 0 fully saturated rings. The third-order valence-corrected chi connectivity index (χ3v) is 3.78. The van der Waals surface area contributed by atoms with Gasteiger partial charge in [0.2, 0.25) is 0 Å². The third kappa shape index (κ3) is 3.23. The van der Waals surface area contributed by atoms with E-state index in [-0.39, 0.29) is 5.91 Å². The molecule has 2 aromatic carbocycles. The molecular formula is C17H15ClN4O2. The molecule has 122 valence electrons. The zero-order valence-corrected chi connectivity index (χ0v) is 13.9. The van der Waals surface area contributed by atoms with Crippen LogP contribution in [0.25, 0.3) is 5.69 Å². The summed E-state index contributed by atoms with van der Waals surface area (Å²) in [5.74, 6) is 0.391. The Hall–Kier alpha value is -2.86. The van der Waals surface area contributed by atoms with Crippen molar-refractivity contribution in [1.29, 1.82) is 0 Å². The minimum Gasteiger partial charge on any atom is -0.496 e. The number of nitrogens with one attached hydrogen (secondary N) is 1. The van der Waals surface area contributed by atoms with Crippen molar-refractivity contribution < 1.29 is 9.53 Å². The van der Waals surface area contributed by atoms with Crippen molar-refractivity contribution >= 4 is 23.2 Å². The third-order valence-electron chi connectivity index (χ3n) is 3.54. The summed E-state index contributed by atoms with van der Waals surface area (Å²) in [4.78, 5) is 16.5. The first-order chi connectivity index (χ1) is 11.6. The lowest BCUT2D eigenvalue weighted by atomic mass is 10.1. The molecular weight excluding hydrogens is 328 g/mol. The van der Waals surface area contributed by atoms with Crippen LogP contribution in [0.2, 0.25) is 5.02 Å². The van der Waals surface area contributed by atoms with E-state index in [1.807, 2.05) is 13.0 Å². The lowest BCUT2D eigenvalue weighted by molar-refractivity contribution is 0.102. The number of methoxy groups -OCH3 is 1. The average Bonchev–Trinajstić information content (AvgIpc) is 3.09. The van der Waals surface area contributed by atoms with E-state index < -0.39 is 0 Å². The van der Waals surface area contributed by atoms with Gasteiger partial charge in [-0.05, 0) is 42.8 Å². The van der Waals surface area contributed by atoms with Crippen LogP contribution in [0, 0.1) is 6.92 Å². The molecule has 0 aliphatic carbocycles. The number of amides is 1. The maximum atomic E-state index is 12.6. The van der Waals surface area contributed by atoms with Crippen molar-refractivity contribution in [2.24, 2.45) is 0 Å². The molecule has 1 N–H and O–H groups in total. The fourth-order valence-electron chi connectivity index (χ4n) is 2.30. The molecule has 0 aliphatic heterocycles. The van der Waals surface area contributed by atoms with Gasteiger partial charge in [-0.3, -0.25) is 4.79 Å². The summed E-state index contributed by atoms with van der Waals surface area (Å²) in [5, 5.41) is 7.46. The summed E-state index contributed by atoms with van der Waals surface area (Å²) in [5.41, 5.74) is 2.66. The minimum absolute atomic E-state index is 0.267. The van der Waals surface area contributed by atoms with Gasteiger partial charge in [-0.2, -0.15) is 5.10 Å². The van der Waals surface area contributed by atoms with Crippen molar-refractivity contribution in [2.75, 3.05) is 12.4 Å². The van der Waals surface area contributed by atoms with Crippen LogP contribution in [0.1, 0.15) is 15.9 Å². The molecule has 3 aromatic rings. The van der Waals surface area contributed by atoms with Crippen molar-refractivity contribution in [3.63, 3.8) is 0 Å². The molecule has 0 bridgehead atoms. The molecule has 0 spiro atoms. The summed E-state index contributed by atoms with van der Waals surface area (Å²) in [6.45, 7) is 1.92. The normalized spacial score (nSPS) is 10.5. The highest BCUT2D eigenvalue weighted by Gasteiger charge is 2.13. The van der Waals surface area contributed by atoms with Crippen LogP contribution >= 0.6 is 11.6 Å². The smallest absolute Gasteiger partial charge is 0.255 e. The lowest BCUT2D eigenvalue weighted by Crippen LogP contribution is -2.14. The van der Waals surface area contributed by atoms with Crippen LogP contribution in [-0.2, 0) is 0 Å². The molecule has 3 rings (SSSR count). The molecule has 1 aromatic heterocycles. The number of nitrogens with zero attached hydrogens (tertiary/aromatic N) is 3. The van der Waals surface area contributed by atoms with Gasteiger partial charge in [-0.15, -0.1) is 0 Å². The number of aryl methyl sites for hydroxylation is 1. The Morgan fingerprint density at radius 2 is 2.08 bits per heavy atom. The topological polar surface area (TPSA) is 69.0 Å². The molecule has 0 saturated carbocycles. The van der Waals surface area contributed by atoms with E-state index in [1.54, 1.807) is 48.5 Å². The number of rotatable bonds is 4. The van der Waals surface area contributed by atoms with E-state index in [9.17, 15) is 4.79 Å². The fourth-order valence-corrected chi connectivity index (χ4v) is 2.47. The molecule has 7 heteroatoms. The Balaban J connectivity index is 1.93. The van der Waals surface area contributed by atoms with Crippen LogP contribution in [-0.4, -0.2) is 27.8 Å². The molecule has 0 saturated heterocycles. The van der Waals surface area contributed by atoms with Gasteiger partial charge in [0, 0.05) is 10.6 Å². The second-order valence-electron chi connectivity index (χ2n) is 5.14. The number of hydrogen-bond acceptors (Lipinski definition) is 4. The second-order valence-corrected chi connectivity index (χ2v) is 5.58. The van der Waals surface area contributed by atoms with E-state index in [0.717, 1.165) is 5.56 Å². The van der Waals surface area contributed by atoms with Gasteiger partial charge in [-0.1, -0.05) is 17.7 Å². The van der Waals surface area contributed by atoms with Gasteiger partial charge >= 0.3 is 0 Å². The summed E-state index contributed by atoms with van der Waals surface area (Å²) in [6, 6.07) is 10.4.